The zero-order valence-corrected chi connectivity index (χ0v) is 55.7. The molecule has 30 N–H and O–H groups in total. The molecule has 0 amide bonds. The van der Waals surface area contributed by atoms with Crippen LogP contribution in [0, 0.1) is 0 Å². The van der Waals surface area contributed by atoms with E-state index in [-0.39, 0.29) is 25.8 Å². The van der Waals surface area contributed by atoms with E-state index in [1.807, 2.05) is 0 Å². The maximum Gasteiger partial charge on any atom is 0.302 e. The van der Waals surface area contributed by atoms with Crippen molar-refractivity contribution < 1.29 is 234 Å². The largest absolute Gasteiger partial charge is 0.463 e. The third-order valence-electron chi connectivity index (χ3n) is 14.9. The molecule has 4 aliphatic rings. The van der Waals surface area contributed by atoms with Crippen LogP contribution in [0.1, 0.15) is 6.92 Å². The molecule has 0 aromatic rings. The number of carbonyl (C=O) groups is 5. The predicted octanol–water partition coefficient (Wildman–Crippen LogP) is -20.5. The summed E-state index contributed by atoms with van der Waals surface area (Å²) in [4.78, 5) is 51.7. The zero-order valence-electron chi connectivity index (χ0n) is 55.7. The quantitative estimate of drug-likeness (QED) is 0.0210. The molecule has 47 heteroatoms. The number of ketones is 1. The van der Waals surface area contributed by atoms with Crippen molar-refractivity contribution in [1.29, 1.82) is 0 Å². The SMILES string of the molecule is CC(=O)OC[C@@H](O)[C@@H](O)[C@H](O)[C@@H](O)C=O.COC[C@@H](O)[C@@H](O)[C@H](O)[C@@H](O)C=O.COC[C@@H](O)[C@@H](OC)[C@H](OC)[C@H](C=O)OC.O=C(CO)[C@@H](O)[C@H](O)[C@H](O)CO.OC[C@H]1O[C@@H](O[C@H]2[C@H](O)[C@@H](O)[C@@H](O)O[C@@H]2CO)[C@H](O)[C@@H](O)[C@H]1O.OC[C@H]1O[C@H](O[C@H]2[C@H](O)[C@@H](O)[C@H](O)O[C@@H]2CO)[C@H](O)[C@@H](O)[C@@H]1O. The Kier molecular flexibility index (Phi) is 51.8. The summed E-state index contributed by atoms with van der Waals surface area (Å²) in [5.41, 5.74) is 0. The molecule has 0 aromatic carbocycles. The van der Waals surface area contributed by atoms with Crippen LogP contribution in [-0.4, -0.2) is 493 Å². The monoisotopic (exact) mass is 1520 g/mol. The fourth-order valence-electron chi connectivity index (χ4n) is 8.83. The summed E-state index contributed by atoms with van der Waals surface area (Å²) in [5.74, 6) is -1.67. The van der Waals surface area contributed by atoms with E-state index < -0.39 is 272 Å². The highest BCUT2D eigenvalue weighted by atomic mass is 16.7. The summed E-state index contributed by atoms with van der Waals surface area (Å²) < 4.78 is 59.4. The lowest BCUT2D eigenvalue weighted by atomic mass is 9.97. The molecule has 4 saturated heterocycles. The molecule has 4 aliphatic heterocycles. The van der Waals surface area contributed by atoms with Crippen molar-refractivity contribution in [3.05, 3.63) is 0 Å². The molecule has 606 valence electrons. The van der Waals surface area contributed by atoms with Crippen LogP contribution in [0.5, 0.6) is 0 Å². The first-order chi connectivity index (χ1) is 47.8. The number of hydrogen-bond donors (Lipinski definition) is 30. The summed E-state index contributed by atoms with van der Waals surface area (Å²) in [6.45, 7) is -3.90. The summed E-state index contributed by atoms with van der Waals surface area (Å²) in [7, 11) is 7.00. The van der Waals surface area contributed by atoms with Crippen molar-refractivity contribution in [3.8, 4) is 0 Å². The molecule has 0 unspecified atom stereocenters. The molecule has 0 bridgehead atoms. The van der Waals surface area contributed by atoms with Gasteiger partial charge < -0.3 is 224 Å². The molecule has 0 aliphatic carbocycles. The summed E-state index contributed by atoms with van der Waals surface area (Å²) in [6, 6.07) is 0. The summed E-state index contributed by atoms with van der Waals surface area (Å²) >= 11 is 0. The van der Waals surface area contributed by atoms with Gasteiger partial charge in [0.1, 0.15) is 202 Å². The van der Waals surface area contributed by atoms with E-state index in [1.54, 1.807) is 0 Å². The molecular weight excluding hydrogens is 1410 g/mol. The third kappa shape index (κ3) is 31.4. The van der Waals surface area contributed by atoms with Gasteiger partial charge in [-0.25, -0.2) is 0 Å². The Morgan fingerprint density at radius 3 is 1.05 bits per heavy atom. The highest BCUT2D eigenvalue weighted by Gasteiger charge is 2.52. The van der Waals surface area contributed by atoms with E-state index in [2.05, 4.69) is 9.47 Å². The molecule has 47 nitrogen and oxygen atoms in total. The Morgan fingerprint density at radius 1 is 0.392 bits per heavy atom. The molecule has 4 rings (SSSR count). The number of rotatable bonds is 34. The van der Waals surface area contributed by atoms with Crippen molar-refractivity contribution in [2.45, 2.75) is 221 Å². The first kappa shape index (κ1) is 101. The molecule has 0 spiro atoms. The van der Waals surface area contributed by atoms with Gasteiger partial charge in [-0.1, -0.05) is 0 Å². The minimum Gasteiger partial charge on any atom is -0.463 e. The maximum absolute atomic E-state index is 10.8. The Morgan fingerprint density at radius 2 is 0.755 bits per heavy atom. The van der Waals surface area contributed by atoms with Crippen molar-refractivity contribution in [2.24, 2.45) is 0 Å². The number of Topliss-reactive ketones (excluding diaryl/α,β-unsaturated/α-hetero) is 1. The first-order valence-corrected chi connectivity index (χ1v) is 30.3. The number of aldehydes is 3. The van der Waals surface area contributed by atoms with Gasteiger partial charge in [-0.05, 0) is 0 Å². The first-order valence-electron chi connectivity index (χ1n) is 30.3. The smallest absolute Gasteiger partial charge is 0.302 e. The number of aliphatic hydroxyl groups excluding tert-OH is 30. The van der Waals surface area contributed by atoms with Crippen LogP contribution in [0.3, 0.4) is 0 Å². The standard InChI is InChI=1S/2C12H22O11.C10H20O6.C8H14O7.C7H14O6.C6H12O6/c2*13-1-3-5(15)6(16)9(19)12(22-3)23-10-4(2-14)21-11(20)8(18)7(10)17;1-13-6-7(12)9(15-3)10(16-4)8(5-11)14-2;1-4(10)15-3-6(12)8(14)7(13)5(11)2-9;1-13-3-5(10)7(12)6(11)4(9)2-8;7-1-3(9)5(11)6(12)4(10)2-8/h2*3-20H,1-2H2;5,7-10,12H,6H2,1-4H3;2,5-8,11-14H,3H2,1H3;2,4-7,9-12H,3H2,1H3;3,5-9,11-12H,1-2H2/t3-,4-,5+,6+,7-,8-,9-,10-,11+,12+;3-,4-,5-,6+,7-,8-,9-,10-,11-,12-;7-,8+,9-,10-;5-,6+,7+,8+;4-,5+,6+,7+;3-,5-,6-/m111001/s1. The second-order valence-corrected chi connectivity index (χ2v) is 22.2. The molecular formula is C55H104O47. The highest BCUT2D eigenvalue weighted by molar-refractivity contribution is 5.84. The van der Waals surface area contributed by atoms with Gasteiger partial charge in [0, 0.05) is 42.5 Å². The Balaban J connectivity index is 0. The minimum atomic E-state index is -1.86. The normalized spacial score (nSPS) is 33.8. The van der Waals surface area contributed by atoms with Crippen LogP contribution >= 0.6 is 0 Å². The van der Waals surface area contributed by atoms with Gasteiger partial charge in [0.2, 0.25) is 0 Å². The van der Waals surface area contributed by atoms with E-state index in [9.17, 15) is 106 Å². The average molecular weight is 1520 g/mol. The van der Waals surface area contributed by atoms with Crippen molar-refractivity contribution >= 4 is 30.6 Å². The van der Waals surface area contributed by atoms with Crippen LogP contribution < -0.4 is 0 Å². The van der Waals surface area contributed by atoms with Gasteiger partial charge in [-0.15, -0.1) is 0 Å². The predicted molar refractivity (Wildman–Crippen MR) is 319 cm³/mol. The maximum atomic E-state index is 10.8. The van der Waals surface area contributed by atoms with Gasteiger partial charge in [0.05, 0.1) is 46.2 Å². The fourth-order valence-corrected chi connectivity index (χ4v) is 8.83. The van der Waals surface area contributed by atoms with Gasteiger partial charge in [0.25, 0.3) is 0 Å². The number of carbonyl (C=O) groups excluding carboxylic acids is 5. The lowest BCUT2D eigenvalue weighted by Gasteiger charge is -2.45. The van der Waals surface area contributed by atoms with E-state index >= 15 is 0 Å². The topological polar surface area (TPSA) is 803 Å². The Hall–Kier alpha value is -3.49. The fraction of sp³-hybridized carbons (Fsp3) is 0.909. The van der Waals surface area contributed by atoms with Gasteiger partial charge in [0.15, 0.2) is 49.8 Å². The Bertz CT molecular complexity index is 2130. The van der Waals surface area contributed by atoms with Crippen molar-refractivity contribution in [3.63, 3.8) is 0 Å². The van der Waals surface area contributed by atoms with E-state index in [0.717, 1.165) is 6.92 Å². The van der Waals surface area contributed by atoms with Crippen molar-refractivity contribution in [2.75, 3.05) is 95.0 Å². The molecule has 0 saturated carbocycles. The number of aliphatic hydroxyl groups is 30. The second-order valence-electron chi connectivity index (χ2n) is 22.2. The summed E-state index contributed by atoms with van der Waals surface area (Å²) in [5, 5.41) is 278. The minimum absolute atomic E-state index is 0.0203. The van der Waals surface area contributed by atoms with E-state index in [0.29, 0.717) is 6.29 Å². The molecule has 35 atom stereocenters. The number of hydrogen-bond acceptors (Lipinski definition) is 47. The average Bonchev–Trinajstić information content (AvgIpc) is 0.795. The third-order valence-corrected chi connectivity index (χ3v) is 14.9. The van der Waals surface area contributed by atoms with Crippen molar-refractivity contribution in [1.82, 2.24) is 0 Å². The van der Waals surface area contributed by atoms with Crippen LogP contribution in [0.15, 0.2) is 0 Å². The van der Waals surface area contributed by atoms with Crippen LogP contribution in [0.4, 0.5) is 0 Å². The van der Waals surface area contributed by atoms with Gasteiger partial charge in [-0.2, -0.15) is 0 Å². The van der Waals surface area contributed by atoms with Gasteiger partial charge >= 0.3 is 5.97 Å². The Labute approximate surface area is 579 Å². The van der Waals surface area contributed by atoms with Gasteiger partial charge in [-0.3, -0.25) is 9.59 Å². The summed E-state index contributed by atoms with van der Waals surface area (Å²) in [6.07, 6.45) is -52.0. The lowest BCUT2D eigenvalue weighted by Crippen LogP contribution is -2.64. The molecule has 4 fully saturated rings. The molecule has 0 radical (unpaired) electrons. The zero-order chi connectivity index (χ0) is 79.3. The second kappa shape index (κ2) is 52.5. The van der Waals surface area contributed by atoms with E-state index in [1.165, 1.54) is 35.5 Å². The number of ether oxygens (including phenoxy) is 12. The molecule has 4 heterocycles. The van der Waals surface area contributed by atoms with Crippen LogP contribution in [0.25, 0.3) is 0 Å². The van der Waals surface area contributed by atoms with Crippen LogP contribution in [-0.2, 0) is 80.8 Å². The van der Waals surface area contributed by atoms with Crippen LogP contribution in [0.2, 0.25) is 0 Å². The lowest BCUT2D eigenvalue weighted by molar-refractivity contribution is -0.355. The highest BCUT2D eigenvalue weighted by Crippen LogP contribution is 2.31. The molecule has 102 heavy (non-hydrogen) atoms. The van der Waals surface area contributed by atoms with E-state index in [4.69, 9.17) is 119 Å². The number of methoxy groups -OCH3 is 5. The molecule has 0 aromatic heterocycles. The number of esters is 1.